The van der Waals surface area contributed by atoms with Crippen molar-refractivity contribution < 1.29 is 35.8 Å². The van der Waals surface area contributed by atoms with Gasteiger partial charge in [-0.1, -0.05) is 41.5 Å². The second-order valence-electron chi connectivity index (χ2n) is 11.1. The molecule has 0 aliphatic heterocycles. The molecule has 0 atom stereocenters. The molecule has 0 aliphatic carbocycles. The number of hydrogen-bond donors (Lipinski definition) is 0. The summed E-state index contributed by atoms with van der Waals surface area (Å²) in [6.07, 6.45) is -9.54. The number of nitrogens with zero attached hydrogens (tertiary/aromatic N) is 1. The predicted molar refractivity (Wildman–Crippen MR) is 130 cm³/mol. The molecule has 0 amide bonds. The SMILES string of the molecule is COCCOCCn1c2c(C(F)(F)F)cc(C(C)(C)C)cc2c2cc(C(C)(C)C)cc(C(F)(F)F)c21. The van der Waals surface area contributed by atoms with Gasteiger partial charge in [0.25, 0.3) is 0 Å². The minimum Gasteiger partial charge on any atom is -0.382 e. The van der Waals surface area contributed by atoms with E-state index in [1.807, 2.05) is 0 Å². The van der Waals surface area contributed by atoms with E-state index in [2.05, 4.69) is 0 Å². The summed E-state index contributed by atoms with van der Waals surface area (Å²) >= 11 is 0. The highest BCUT2D eigenvalue weighted by atomic mass is 19.4. The highest BCUT2D eigenvalue weighted by molar-refractivity contribution is 6.11. The predicted octanol–water partition coefficient (Wildman–Crippen LogP) is 8.09. The maximum absolute atomic E-state index is 14.4. The molecule has 3 rings (SSSR count). The van der Waals surface area contributed by atoms with Crippen molar-refractivity contribution in [3.8, 4) is 0 Å². The Bertz CT molecular complexity index is 1150. The maximum atomic E-state index is 14.4. The highest BCUT2D eigenvalue weighted by Gasteiger charge is 2.40. The molecule has 0 unspecified atom stereocenters. The van der Waals surface area contributed by atoms with Crippen LogP contribution in [0.4, 0.5) is 26.3 Å². The first kappa shape index (κ1) is 28.3. The molecule has 200 valence electrons. The van der Waals surface area contributed by atoms with Crippen molar-refractivity contribution in [3.63, 3.8) is 0 Å². The lowest BCUT2D eigenvalue weighted by molar-refractivity contribution is -0.137. The van der Waals surface area contributed by atoms with Crippen LogP contribution in [0.5, 0.6) is 0 Å². The van der Waals surface area contributed by atoms with Gasteiger partial charge in [-0.3, -0.25) is 0 Å². The molecule has 3 nitrogen and oxygen atoms in total. The lowest BCUT2D eigenvalue weighted by atomic mass is 9.83. The second kappa shape index (κ2) is 9.56. The number of aromatic nitrogens is 1. The third-order valence-electron chi connectivity index (χ3n) is 6.28. The summed E-state index contributed by atoms with van der Waals surface area (Å²) in [6.45, 7) is 10.8. The molecule has 1 heterocycles. The van der Waals surface area contributed by atoms with E-state index in [1.54, 1.807) is 53.7 Å². The standard InChI is InChI=1S/C27H33F6NO2/c1-24(2,3)16-12-18-19-13-17(25(4,5)6)15-21(27(31,32)33)23(19)34(8-9-36-11-10-35-7)22(18)20(14-16)26(28,29)30/h12-15H,8-11H2,1-7H3. The lowest BCUT2D eigenvalue weighted by Crippen LogP contribution is -2.17. The Kier molecular flexibility index (Phi) is 7.52. The average molecular weight is 518 g/mol. The van der Waals surface area contributed by atoms with Crippen LogP contribution in [0.25, 0.3) is 21.8 Å². The molecule has 0 fully saturated rings. The Morgan fingerprint density at radius 1 is 0.639 bits per heavy atom. The van der Waals surface area contributed by atoms with Gasteiger partial charge >= 0.3 is 12.4 Å². The number of halogens is 6. The smallest absolute Gasteiger partial charge is 0.382 e. The van der Waals surface area contributed by atoms with Crippen molar-refractivity contribution >= 4 is 21.8 Å². The topological polar surface area (TPSA) is 23.4 Å². The largest absolute Gasteiger partial charge is 0.418 e. The van der Waals surface area contributed by atoms with Crippen molar-refractivity contribution in [1.29, 1.82) is 0 Å². The van der Waals surface area contributed by atoms with Crippen LogP contribution in [0, 0.1) is 0 Å². The first-order valence-electron chi connectivity index (χ1n) is 11.7. The molecule has 0 spiro atoms. The minimum absolute atomic E-state index is 0.0706. The van der Waals surface area contributed by atoms with Crippen LogP contribution in [0.2, 0.25) is 0 Å². The maximum Gasteiger partial charge on any atom is 0.418 e. The minimum atomic E-state index is -4.77. The summed E-state index contributed by atoms with van der Waals surface area (Å²) in [7, 11) is 1.47. The number of hydrogen-bond acceptors (Lipinski definition) is 2. The molecule has 0 aliphatic rings. The van der Waals surface area contributed by atoms with Crippen LogP contribution >= 0.6 is 0 Å². The molecular formula is C27H33F6NO2. The Labute approximate surface area is 207 Å². The molecule has 0 bridgehead atoms. The van der Waals surface area contributed by atoms with E-state index < -0.39 is 34.3 Å². The van der Waals surface area contributed by atoms with E-state index in [0.717, 1.165) is 16.7 Å². The molecule has 2 aromatic carbocycles. The quantitative estimate of drug-likeness (QED) is 0.244. The fourth-order valence-corrected chi connectivity index (χ4v) is 4.29. The van der Waals surface area contributed by atoms with Crippen LogP contribution in [0.15, 0.2) is 24.3 Å². The molecule has 9 heteroatoms. The third-order valence-corrected chi connectivity index (χ3v) is 6.28. The molecule has 1 aromatic heterocycles. The van der Waals surface area contributed by atoms with Crippen LogP contribution in [-0.4, -0.2) is 31.5 Å². The molecule has 36 heavy (non-hydrogen) atoms. The van der Waals surface area contributed by atoms with Gasteiger partial charge < -0.3 is 14.0 Å². The van der Waals surface area contributed by atoms with Gasteiger partial charge in [-0.2, -0.15) is 26.3 Å². The normalized spacial score (nSPS) is 13.8. The second-order valence-corrected chi connectivity index (χ2v) is 11.1. The molecule has 3 aromatic rings. The summed E-state index contributed by atoms with van der Waals surface area (Å²) in [5.74, 6) is 0. The van der Waals surface area contributed by atoms with E-state index in [9.17, 15) is 26.3 Å². The number of alkyl halides is 6. The van der Waals surface area contributed by atoms with E-state index in [-0.39, 0.29) is 48.2 Å². The summed E-state index contributed by atoms with van der Waals surface area (Å²) in [5, 5.41) is 0.302. The first-order valence-corrected chi connectivity index (χ1v) is 11.7. The molecule has 0 saturated carbocycles. The van der Waals surface area contributed by atoms with Crippen molar-refractivity contribution in [3.05, 3.63) is 46.5 Å². The van der Waals surface area contributed by atoms with Gasteiger partial charge in [-0.05, 0) is 46.2 Å². The molecule has 0 saturated heterocycles. The van der Waals surface area contributed by atoms with Gasteiger partial charge in [-0.25, -0.2) is 0 Å². The van der Waals surface area contributed by atoms with Gasteiger partial charge in [0.2, 0.25) is 0 Å². The van der Waals surface area contributed by atoms with Crippen LogP contribution in [0.3, 0.4) is 0 Å². The molecular weight excluding hydrogens is 484 g/mol. The zero-order chi connectivity index (χ0) is 27.3. The first-order chi connectivity index (χ1) is 16.4. The number of fused-ring (bicyclic) bond motifs is 3. The molecule has 0 N–H and O–H groups in total. The lowest BCUT2D eigenvalue weighted by Gasteiger charge is -2.22. The Hall–Kier alpha value is -2.26. The van der Waals surface area contributed by atoms with Crippen molar-refractivity contribution in [1.82, 2.24) is 4.57 Å². The van der Waals surface area contributed by atoms with E-state index in [4.69, 9.17) is 9.47 Å². The number of methoxy groups -OCH3 is 1. The summed E-state index contributed by atoms with van der Waals surface area (Å²) < 4.78 is 97.9. The fourth-order valence-electron chi connectivity index (χ4n) is 4.29. The number of benzene rings is 2. The zero-order valence-corrected chi connectivity index (χ0v) is 21.7. The van der Waals surface area contributed by atoms with Crippen molar-refractivity contribution in [2.75, 3.05) is 26.9 Å². The van der Waals surface area contributed by atoms with Crippen LogP contribution in [0.1, 0.15) is 63.8 Å². The highest BCUT2D eigenvalue weighted by Crippen LogP contribution is 2.46. The Morgan fingerprint density at radius 3 is 1.39 bits per heavy atom. The third kappa shape index (κ3) is 5.67. The Morgan fingerprint density at radius 2 is 1.06 bits per heavy atom. The number of ether oxygens (including phenoxy) is 2. The molecule has 0 radical (unpaired) electrons. The van der Waals surface area contributed by atoms with E-state index in [1.165, 1.54) is 7.11 Å². The van der Waals surface area contributed by atoms with Crippen LogP contribution in [-0.2, 0) is 39.2 Å². The van der Waals surface area contributed by atoms with Gasteiger partial charge in [0.1, 0.15) is 0 Å². The van der Waals surface area contributed by atoms with Gasteiger partial charge in [-0.15, -0.1) is 0 Å². The number of rotatable bonds is 6. The summed E-state index contributed by atoms with van der Waals surface area (Å²) in [5.41, 5.74) is -2.96. The van der Waals surface area contributed by atoms with Gasteiger partial charge in [0.15, 0.2) is 0 Å². The zero-order valence-electron chi connectivity index (χ0n) is 21.7. The van der Waals surface area contributed by atoms with E-state index >= 15 is 0 Å². The fraction of sp³-hybridized carbons (Fsp3) is 0.556. The Balaban J connectivity index is 2.52. The van der Waals surface area contributed by atoms with Gasteiger partial charge in [0.05, 0.1) is 42.0 Å². The summed E-state index contributed by atoms with van der Waals surface area (Å²) in [4.78, 5) is 0. The van der Waals surface area contributed by atoms with Crippen molar-refractivity contribution in [2.24, 2.45) is 0 Å². The average Bonchev–Trinajstić information content (AvgIpc) is 3.03. The summed E-state index contributed by atoms with van der Waals surface area (Å²) in [6, 6.07) is 5.31. The van der Waals surface area contributed by atoms with Crippen LogP contribution < -0.4 is 0 Å². The monoisotopic (exact) mass is 517 g/mol. The van der Waals surface area contributed by atoms with E-state index in [0.29, 0.717) is 11.1 Å². The van der Waals surface area contributed by atoms with Crippen molar-refractivity contribution in [2.45, 2.75) is 71.3 Å². The van der Waals surface area contributed by atoms with Gasteiger partial charge in [0, 0.05) is 24.4 Å².